The first-order valence-electron chi connectivity index (χ1n) is 7.20. The summed E-state index contributed by atoms with van der Waals surface area (Å²) < 4.78 is 1.84. The van der Waals surface area contributed by atoms with Gasteiger partial charge in [-0.2, -0.15) is 0 Å². The van der Waals surface area contributed by atoms with Crippen LogP contribution in [0.1, 0.15) is 26.7 Å². The molecule has 1 aromatic carbocycles. The lowest BCUT2D eigenvalue weighted by molar-refractivity contribution is 0.187. The van der Waals surface area contributed by atoms with Crippen molar-refractivity contribution in [3.05, 3.63) is 33.7 Å². The lowest BCUT2D eigenvalue weighted by Crippen LogP contribution is -2.39. The van der Waals surface area contributed by atoms with Crippen LogP contribution in [0.25, 0.3) is 11.0 Å². The minimum Gasteiger partial charge on any atom is -0.305 e. The fraction of sp³-hybridized carbons (Fsp3) is 0.533. The topological polar surface area (TPSA) is 41.0 Å². The molecule has 1 atom stereocenters. The minimum atomic E-state index is -0.0436. The molecule has 108 valence electrons. The molecule has 0 bridgehead atoms. The van der Waals surface area contributed by atoms with Gasteiger partial charge in [0.2, 0.25) is 0 Å². The molecule has 0 amide bonds. The number of aromatic nitrogens is 2. The fourth-order valence-corrected chi connectivity index (χ4v) is 3.43. The van der Waals surface area contributed by atoms with Gasteiger partial charge >= 0.3 is 5.69 Å². The van der Waals surface area contributed by atoms with E-state index < -0.39 is 0 Å². The number of rotatable bonds is 3. The standard InChI is InChI=1S/C15H20ClN3O/c1-10(2)18-7-3-4-12(18)9-19-14-6-5-11(16)8-13(14)17-15(19)20/h5-6,8,10,12H,3-4,7,9H2,1-2H3,(H,17,20). The summed E-state index contributed by atoms with van der Waals surface area (Å²) in [6.07, 6.45) is 2.37. The Morgan fingerprint density at radius 1 is 1.45 bits per heavy atom. The number of aromatic amines is 1. The van der Waals surface area contributed by atoms with Crippen LogP contribution < -0.4 is 5.69 Å². The van der Waals surface area contributed by atoms with E-state index in [4.69, 9.17) is 11.6 Å². The molecule has 1 fully saturated rings. The van der Waals surface area contributed by atoms with E-state index in [2.05, 4.69) is 23.7 Å². The molecule has 1 aliphatic heterocycles. The molecule has 20 heavy (non-hydrogen) atoms. The molecule has 5 heteroatoms. The number of hydrogen-bond acceptors (Lipinski definition) is 2. The zero-order valence-corrected chi connectivity index (χ0v) is 12.7. The molecule has 1 aliphatic rings. The zero-order valence-electron chi connectivity index (χ0n) is 11.9. The van der Waals surface area contributed by atoms with Crippen LogP contribution in [0.2, 0.25) is 5.02 Å². The van der Waals surface area contributed by atoms with Crippen LogP contribution >= 0.6 is 11.6 Å². The Kier molecular flexibility index (Phi) is 3.61. The largest absolute Gasteiger partial charge is 0.326 e. The summed E-state index contributed by atoms with van der Waals surface area (Å²) in [5.74, 6) is 0. The van der Waals surface area contributed by atoms with Gasteiger partial charge in [-0.15, -0.1) is 0 Å². The minimum absolute atomic E-state index is 0.0436. The number of likely N-dealkylation sites (tertiary alicyclic amines) is 1. The average Bonchev–Trinajstić information content (AvgIpc) is 2.95. The van der Waals surface area contributed by atoms with Gasteiger partial charge in [0.15, 0.2) is 0 Å². The van der Waals surface area contributed by atoms with Crippen molar-refractivity contribution < 1.29 is 0 Å². The second kappa shape index (κ2) is 5.26. The summed E-state index contributed by atoms with van der Waals surface area (Å²) in [6.45, 7) is 6.32. The molecule has 0 aliphatic carbocycles. The van der Waals surface area contributed by atoms with Gasteiger partial charge in [-0.1, -0.05) is 11.6 Å². The third-order valence-electron chi connectivity index (χ3n) is 4.22. The normalized spacial score (nSPS) is 20.3. The maximum absolute atomic E-state index is 12.2. The predicted octanol–water partition coefficient (Wildman–Crippen LogP) is 2.86. The molecule has 1 saturated heterocycles. The summed E-state index contributed by atoms with van der Waals surface area (Å²) >= 11 is 5.98. The molecule has 1 unspecified atom stereocenters. The molecular formula is C15H20ClN3O. The second-order valence-electron chi connectivity index (χ2n) is 5.83. The zero-order chi connectivity index (χ0) is 14.3. The fourth-order valence-electron chi connectivity index (χ4n) is 3.26. The molecule has 0 saturated carbocycles. The van der Waals surface area contributed by atoms with Crippen LogP contribution in [0.4, 0.5) is 0 Å². The van der Waals surface area contributed by atoms with E-state index in [1.165, 1.54) is 6.42 Å². The third kappa shape index (κ3) is 2.38. The van der Waals surface area contributed by atoms with Gasteiger partial charge in [-0.3, -0.25) is 9.47 Å². The van der Waals surface area contributed by atoms with Gasteiger partial charge in [0.1, 0.15) is 0 Å². The summed E-state index contributed by atoms with van der Waals surface area (Å²) in [6, 6.07) is 6.54. The molecule has 3 rings (SSSR count). The lowest BCUT2D eigenvalue weighted by atomic mass is 10.2. The highest BCUT2D eigenvalue weighted by molar-refractivity contribution is 6.31. The predicted molar refractivity (Wildman–Crippen MR) is 82.4 cm³/mol. The number of fused-ring (bicyclic) bond motifs is 1. The van der Waals surface area contributed by atoms with Gasteiger partial charge in [0.25, 0.3) is 0 Å². The van der Waals surface area contributed by atoms with E-state index in [0.717, 1.165) is 30.5 Å². The second-order valence-corrected chi connectivity index (χ2v) is 6.27. The Hall–Kier alpha value is -1.26. The maximum atomic E-state index is 12.2. The number of H-pyrrole nitrogens is 1. The first-order chi connectivity index (χ1) is 9.56. The number of benzene rings is 1. The van der Waals surface area contributed by atoms with E-state index in [1.54, 1.807) is 0 Å². The third-order valence-corrected chi connectivity index (χ3v) is 4.45. The van der Waals surface area contributed by atoms with Crippen molar-refractivity contribution in [1.82, 2.24) is 14.5 Å². The van der Waals surface area contributed by atoms with Crippen molar-refractivity contribution in [1.29, 1.82) is 0 Å². The van der Waals surface area contributed by atoms with Crippen LogP contribution in [0.5, 0.6) is 0 Å². The van der Waals surface area contributed by atoms with E-state index in [0.29, 0.717) is 17.1 Å². The Morgan fingerprint density at radius 3 is 3.00 bits per heavy atom. The van der Waals surface area contributed by atoms with Crippen molar-refractivity contribution in [2.45, 2.75) is 45.3 Å². The highest BCUT2D eigenvalue weighted by Gasteiger charge is 2.27. The maximum Gasteiger partial charge on any atom is 0.326 e. The van der Waals surface area contributed by atoms with Crippen molar-refractivity contribution in [2.75, 3.05) is 6.54 Å². The summed E-state index contributed by atoms with van der Waals surface area (Å²) in [7, 11) is 0. The van der Waals surface area contributed by atoms with E-state index in [-0.39, 0.29) is 5.69 Å². The van der Waals surface area contributed by atoms with E-state index in [1.807, 2.05) is 22.8 Å². The number of halogens is 1. The van der Waals surface area contributed by atoms with Gasteiger partial charge in [-0.05, 0) is 51.4 Å². The van der Waals surface area contributed by atoms with Gasteiger partial charge in [0.05, 0.1) is 11.0 Å². The Bertz CT molecular complexity index is 673. The number of nitrogens with one attached hydrogen (secondary N) is 1. The Morgan fingerprint density at radius 2 is 2.25 bits per heavy atom. The Labute approximate surface area is 123 Å². The van der Waals surface area contributed by atoms with Crippen molar-refractivity contribution in [3.63, 3.8) is 0 Å². The van der Waals surface area contributed by atoms with Crippen molar-refractivity contribution in [2.24, 2.45) is 0 Å². The molecule has 4 nitrogen and oxygen atoms in total. The van der Waals surface area contributed by atoms with Gasteiger partial charge in [0, 0.05) is 23.7 Å². The molecule has 0 spiro atoms. The van der Waals surface area contributed by atoms with Crippen LogP contribution in [-0.2, 0) is 6.54 Å². The molecule has 2 heterocycles. The summed E-state index contributed by atoms with van der Waals surface area (Å²) in [5, 5.41) is 0.649. The molecule has 1 aromatic heterocycles. The average molecular weight is 294 g/mol. The van der Waals surface area contributed by atoms with Gasteiger partial charge in [-0.25, -0.2) is 4.79 Å². The molecule has 2 aromatic rings. The molecule has 1 N–H and O–H groups in total. The SMILES string of the molecule is CC(C)N1CCCC1Cn1c(=O)[nH]c2cc(Cl)ccc21. The molecular weight excluding hydrogens is 274 g/mol. The summed E-state index contributed by atoms with van der Waals surface area (Å²) in [5.41, 5.74) is 1.71. The lowest BCUT2D eigenvalue weighted by Gasteiger charge is -2.28. The smallest absolute Gasteiger partial charge is 0.305 e. The first-order valence-corrected chi connectivity index (χ1v) is 7.58. The quantitative estimate of drug-likeness (QED) is 0.945. The van der Waals surface area contributed by atoms with Crippen LogP contribution in [0, 0.1) is 0 Å². The summed E-state index contributed by atoms with van der Waals surface area (Å²) in [4.78, 5) is 17.5. The van der Waals surface area contributed by atoms with E-state index in [9.17, 15) is 4.79 Å². The van der Waals surface area contributed by atoms with Crippen molar-refractivity contribution in [3.8, 4) is 0 Å². The number of imidazole rings is 1. The van der Waals surface area contributed by atoms with Gasteiger partial charge < -0.3 is 4.98 Å². The van der Waals surface area contributed by atoms with Crippen LogP contribution in [0.3, 0.4) is 0 Å². The number of nitrogens with zero attached hydrogens (tertiary/aromatic N) is 2. The molecule has 0 radical (unpaired) electrons. The van der Waals surface area contributed by atoms with Crippen LogP contribution in [0.15, 0.2) is 23.0 Å². The monoisotopic (exact) mass is 293 g/mol. The van der Waals surface area contributed by atoms with Crippen LogP contribution in [-0.4, -0.2) is 33.1 Å². The highest BCUT2D eigenvalue weighted by atomic mass is 35.5. The first kappa shape index (κ1) is 13.7. The van der Waals surface area contributed by atoms with Crippen molar-refractivity contribution >= 4 is 22.6 Å². The Balaban J connectivity index is 1.95. The number of hydrogen-bond donors (Lipinski definition) is 1. The highest BCUT2D eigenvalue weighted by Crippen LogP contribution is 2.23. The van der Waals surface area contributed by atoms with E-state index >= 15 is 0 Å².